The minimum Gasteiger partial charge on any atom is -0.477 e. The second-order valence-corrected chi connectivity index (χ2v) is 9.84. The topological polar surface area (TPSA) is 44.2 Å². The largest absolute Gasteiger partial charge is 0.477 e. The number of aryl methyl sites for hydroxylation is 2. The van der Waals surface area contributed by atoms with E-state index in [0.29, 0.717) is 0 Å². The Bertz CT molecular complexity index is 849. The van der Waals surface area contributed by atoms with Crippen LogP contribution < -0.4 is 9.47 Å². The molecule has 4 bridgehead atoms. The summed E-state index contributed by atoms with van der Waals surface area (Å²) in [7, 11) is 0. The minimum atomic E-state index is 0.773. The average molecular weight is 435 g/mol. The Hall–Kier alpha value is -2.10. The van der Waals surface area contributed by atoms with E-state index in [9.17, 15) is 0 Å². The van der Waals surface area contributed by atoms with E-state index in [4.69, 9.17) is 19.4 Å². The van der Waals surface area contributed by atoms with Crippen LogP contribution in [0.15, 0.2) is 12.1 Å². The molecule has 2 aromatic rings. The molecule has 0 fully saturated rings. The molecule has 3 heterocycles. The van der Waals surface area contributed by atoms with Gasteiger partial charge >= 0.3 is 0 Å². The van der Waals surface area contributed by atoms with Gasteiger partial charge < -0.3 is 9.47 Å². The van der Waals surface area contributed by atoms with Crippen LogP contribution in [0.5, 0.6) is 11.8 Å². The quantitative estimate of drug-likeness (QED) is 0.428. The van der Waals surface area contributed by atoms with Crippen LogP contribution in [0.1, 0.15) is 99.3 Å². The van der Waals surface area contributed by atoms with E-state index in [0.717, 1.165) is 74.9 Å². The first-order chi connectivity index (χ1) is 15.9. The number of hydrogen-bond acceptors (Lipinski definition) is 4. The van der Waals surface area contributed by atoms with Crippen LogP contribution in [0.4, 0.5) is 0 Å². The van der Waals surface area contributed by atoms with Crippen LogP contribution in [0.3, 0.4) is 0 Å². The van der Waals surface area contributed by atoms with Crippen molar-refractivity contribution in [2.45, 2.75) is 103 Å². The standard InChI is InChI=1S/C28H38N2O2/c1-2-4-12-18-32-28-24-16-10-6-8-14-22(24)20-26(30-28)25-19-21-13-7-5-9-15-23(21)27(29-25)31-17-11-3-1/h19-20H,1-18H2. The van der Waals surface area contributed by atoms with Crippen LogP contribution in [0, 0.1) is 0 Å². The SMILES string of the molecule is c1c2nc(c3c1CCCCC3)OCCCCCCCCOc1nc-2cc2c1CCCCC2. The van der Waals surface area contributed by atoms with Crippen LogP contribution in [0.25, 0.3) is 11.4 Å². The lowest BCUT2D eigenvalue weighted by atomic mass is 10.00. The summed E-state index contributed by atoms with van der Waals surface area (Å²) in [6.07, 6.45) is 19.2. The summed E-state index contributed by atoms with van der Waals surface area (Å²) in [6, 6.07) is 4.59. The molecule has 2 aromatic heterocycles. The van der Waals surface area contributed by atoms with Gasteiger partial charge in [0.25, 0.3) is 0 Å². The highest BCUT2D eigenvalue weighted by Crippen LogP contribution is 2.35. The number of ether oxygens (including phenoxy) is 2. The molecule has 3 aliphatic rings. The normalized spacial score (nSPS) is 20.0. The molecule has 1 aliphatic heterocycles. The third-order valence-corrected chi connectivity index (χ3v) is 7.38. The van der Waals surface area contributed by atoms with Gasteiger partial charge in [0.2, 0.25) is 11.8 Å². The van der Waals surface area contributed by atoms with Gasteiger partial charge in [-0.2, -0.15) is 0 Å². The van der Waals surface area contributed by atoms with Crippen molar-refractivity contribution in [2.75, 3.05) is 13.2 Å². The fourth-order valence-corrected chi connectivity index (χ4v) is 5.52. The Labute approximate surface area is 193 Å². The maximum atomic E-state index is 6.34. The first kappa shape index (κ1) is 21.7. The van der Waals surface area contributed by atoms with Crippen molar-refractivity contribution < 1.29 is 9.47 Å². The monoisotopic (exact) mass is 434 g/mol. The Balaban J connectivity index is 1.58. The van der Waals surface area contributed by atoms with Crippen LogP contribution in [-0.2, 0) is 25.7 Å². The van der Waals surface area contributed by atoms with Gasteiger partial charge in [0.1, 0.15) is 0 Å². The number of fused-ring (bicyclic) bond motifs is 9. The lowest BCUT2D eigenvalue weighted by Gasteiger charge is -2.18. The summed E-state index contributed by atoms with van der Waals surface area (Å²) in [5.41, 5.74) is 7.46. The van der Waals surface area contributed by atoms with Crippen molar-refractivity contribution in [3.63, 3.8) is 0 Å². The lowest BCUT2D eigenvalue weighted by molar-refractivity contribution is 0.282. The third-order valence-electron chi connectivity index (χ3n) is 7.38. The maximum absolute atomic E-state index is 6.34. The first-order valence-electron chi connectivity index (χ1n) is 13.2. The summed E-state index contributed by atoms with van der Waals surface area (Å²) >= 11 is 0. The van der Waals surface area contributed by atoms with Crippen molar-refractivity contribution in [1.29, 1.82) is 0 Å². The zero-order valence-corrected chi connectivity index (χ0v) is 19.6. The van der Waals surface area contributed by atoms with E-state index in [1.807, 2.05) is 0 Å². The lowest BCUT2D eigenvalue weighted by Crippen LogP contribution is -2.09. The second kappa shape index (κ2) is 10.7. The van der Waals surface area contributed by atoms with E-state index in [1.54, 1.807) is 0 Å². The van der Waals surface area contributed by atoms with Crippen LogP contribution in [0.2, 0.25) is 0 Å². The highest BCUT2D eigenvalue weighted by molar-refractivity contribution is 5.61. The number of pyridine rings is 2. The Morgan fingerprint density at radius 3 is 1.38 bits per heavy atom. The summed E-state index contributed by atoms with van der Waals surface area (Å²) in [6.45, 7) is 1.55. The molecule has 32 heavy (non-hydrogen) atoms. The molecule has 0 amide bonds. The third kappa shape index (κ3) is 5.10. The molecule has 0 saturated heterocycles. The summed E-state index contributed by atoms with van der Waals surface area (Å²) < 4.78 is 12.7. The Morgan fingerprint density at radius 2 is 0.875 bits per heavy atom. The average Bonchev–Trinajstić information content (AvgIpc) is 3.20. The molecule has 2 aliphatic carbocycles. The van der Waals surface area contributed by atoms with Crippen molar-refractivity contribution >= 4 is 0 Å². The van der Waals surface area contributed by atoms with Crippen molar-refractivity contribution in [3.05, 3.63) is 34.4 Å². The second-order valence-electron chi connectivity index (χ2n) is 9.84. The van der Waals surface area contributed by atoms with Gasteiger partial charge in [0, 0.05) is 11.1 Å². The minimum absolute atomic E-state index is 0.773. The molecular weight excluding hydrogens is 396 g/mol. The molecule has 0 saturated carbocycles. The van der Waals surface area contributed by atoms with E-state index in [-0.39, 0.29) is 0 Å². The molecule has 0 N–H and O–H groups in total. The Kier molecular flexibility index (Phi) is 7.25. The zero-order valence-electron chi connectivity index (χ0n) is 19.6. The number of aromatic nitrogens is 2. The number of hydrogen-bond donors (Lipinski definition) is 0. The Morgan fingerprint density at radius 1 is 0.469 bits per heavy atom. The number of rotatable bonds is 0. The van der Waals surface area contributed by atoms with E-state index >= 15 is 0 Å². The molecule has 4 heteroatoms. The van der Waals surface area contributed by atoms with Gasteiger partial charge in [-0.15, -0.1) is 0 Å². The highest BCUT2D eigenvalue weighted by atomic mass is 16.5. The smallest absolute Gasteiger partial charge is 0.217 e. The van der Waals surface area contributed by atoms with Crippen molar-refractivity contribution in [1.82, 2.24) is 9.97 Å². The molecule has 0 unspecified atom stereocenters. The summed E-state index contributed by atoms with van der Waals surface area (Å²) in [4.78, 5) is 10.1. The highest BCUT2D eigenvalue weighted by Gasteiger charge is 2.21. The van der Waals surface area contributed by atoms with Crippen molar-refractivity contribution in [3.8, 4) is 23.1 Å². The van der Waals surface area contributed by atoms with E-state index in [2.05, 4.69) is 12.1 Å². The van der Waals surface area contributed by atoms with Gasteiger partial charge in [-0.3, -0.25) is 0 Å². The van der Waals surface area contributed by atoms with Crippen molar-refractivity contribution in [2.24, 2.45) is 0 Å². The van der Waals surface area contributed by atoms with Gasteiger partial charge in [-0.1, -0.05) is 38.5 Å². The van der Waals surface area contributed by atoms with Gasteiger partial charge in [-0.25, -0.2) is 9.97 Å². The first-order valence-corrected chi connectivity index (χ1v) is 13.2. The van der Waals surface area contributed by atoms with E-state index < -0.39 is 0 Å². The summed E-state index contributed by atoms with van der Waals surface area (Å²) in [5.74, 6) is 1.73. The fraction of sp³-hybridized carbons (Fsp3) is 0.643. The molecular formula is C28H38N2O2. The van der Waals surface area contributed by atoms with Gasteiger partial charge in [-0.05, 0) is 87.5 Å². The fourth-order valence-electron chi connectivity index (χ4n) is 5.52. The molecule has 0 spiro atoms. The molecule has 5 rings (SSSR count). The van der Waals surface area contributed by atoms with E-state index in [1.165, 1.54) is 86.5 Å². The maximum Gasteiger partial charge on any atom is 0.217 e. The summed E-state index contributed by atoms with van der Waals surface area (Å²) in [5, 5.41) is 0. The van der Waals surface area contributed by atoms with Gasteiger partial charge in [0.05, 0.1) is 24.6 Å². The molecule has 4 nitrogen and oxygen atoms in total. The molecule has 172 valence electrons. The predicted molar refractivity (Wildman–Crippen MR) is 129 cm³/mol. The zero-order chi connectivity index (χ0) is 21.6. The van der Waals surface area contributed by atoms with Gasteiger partial charge in [0.15, 0.2) is 0 Å². The molecule has 0 aromatic carbocycles. The molecule has 0 atom stereocenters. The molecule has 0 radical (unpaired) electrons. The predicted octanol–water partition coefficient (Wildman–Crippen LogP) is 6.79. The van der Waals surface area contributed by atoms with Crippen LogP contribution >= 0.6 is 0 Å². The number of nitrogens with zero attached hydrogens (tertiary/aromatic N) is 2. The van der Waals surface area contributed by atoms with Crippen LogP contribution in [-0.4, -0.2) is 23.2 Å².